The minimum Gasteiger partial charge on any atom is -0.465 e. The first-order valence-corrected chi connectivity index (χ1v) is 12.0. The van der Waals surface area contributed by atoms with Crippen molar-refractivity contribution in [1.29, 1.82) is 0 Å². The number of nitrogens with one attached hydrogen (secondary N) is 1. The monoisotopic (exact) mass is 509 g/mol. The Bertz CT molecular complexity index is 1170. The second kappa shape index (κ2) is 13.2. The van der Waals surface area contributed by atoms with Crippen LogP contribution in [0.5, 0.6) is 0 Å². The number of anilines is 1. The first-order valence-electron chi connectivity index (χ1n) is 12.0. The SMILES string of the molecule is CCCCN(C(=O)O)C(=O)N[C@@H](CCc1ccccc1)C(O)c1nc(C(=O)N(C)c2ccccn2)co1. The molecular formula is C26H31N5O6. The number of hydrogen-bond donors (Lipinski definition) is 3. The number of aliphatic hydroxyl groups excluding tert-OH is 1. The van der Waals surface area contributed by atoms with E-state index >= 15 is 0 Å². The highest BCUT2D eigenvalue weighted by atomic mass is 16.4. The molecule has 11 heteroatoms. The molecular weight excluding hydrogens is 478 g/mol. The van der Waals surface area contributed by atoms with E-state index < -0.39 is 30.2 Å². The van der Waals surface area contributed by atoms with E-state index in [0.29, 0.717) is 30.0 Å². The number of aliphatic hydroxyl groups is 1. The third kappa shape index (κ3) is 7.37. The molecule has 0 radical (unpaired) electrons. The molecule has 37 heavy (non-hydrogen) atoms. The highest BCUT2D eigenvalue weighted by Gasteiger charge is 2.31. The van der Waals surface area contributed by atoms with Crippen LogP contribution < -0.4 is 10.2 Å². The van der Waals surface area contributed by atoms with Crippen molar-refractivity contribution < 1.29 is 29.0 Å². The van der Waals surface area contributed by atoms with Crippen LogP contribution in [0.25, 0.3) is 0 Å². The van der Waals surface area contributed by atoms with Gasteiger partial charge in [0.15, 0.2) is 11.8 Å². The number of carbonyl (C=O) groups is 3. The van der Waals surface area contributed by atoms with Gasteiger partial charge in [0.25, 0.3) is 5.91 Å². The zero-order chi connectivity index (χ0) is 26.8. The highest BCUT2D eigenvalue weighted by Crippen LogP contribution is 2.22. The summed E-state index contributed by atoms with van der Waals surface area (Å²) in [7, 11) is 1.54. The lowest BCUT2D eigenvalue weighted by Gasteiger charge is -2.25. The van der Waals surface area contributed by atoms with Crippen molar-refractivity contribution in [2.75, 3.05) is 18.5 Å². The molecule has 2 atom stereocenters. The molecule has 0 saturated carbocycles. The minimum atomic E-state index is -1.43. The van der Waals surface area contributed by atoms with Gasteiger partial charge in [-0.05, 0) is 37.0 Å². The molecule has 2 heterocycles. The molecule has 0 saturated heterocycles. The maximum Gasteiger partial charge on any atom is 0.415 e. The second-order valence-corrected chi connectivity index (χ2v) is 8.44. The summed E-state index contributed by atoms with van der Waals surface area (Å²) in [5.74, 6) is -0.264. The molecule has 0 aliphatic carbocycles. The van der Waals surface area contributed by atoms with Gasteiger partial charge in [0, 0.05) is 19.8 Å². The highest BCUT2D eigenvalue weighted by molar-refractivity contribution is 6.03. The zero-order valence-electron chi connectivity index (χ0n) is 20.8. The number of urea groups is 1. The number of imide groups is 1. The number of oxazole rings is 1. The predicted octanol–water partition coefficient (Wildman–Crippen LogP) is 3.87. The molecule has 0 bridgehead atoms. The summed E-state index contributed by atoms with van der Waals surface area (Å²) in [5, 5.41) is 23.2. The molecule has 4 amide bonds. The van der Waals surface area contributed by atoms with Gasteiger partial charge in [-0.1, -0.05) is 49.7 Å². The van der Waals surface area contributed by atoms with Gasteiger partial charge < -0.3 is 19.9 Å². The Morgan fingerprint density at radius 2 is 1.84 bits per heavy atom. The fourth-order valence-electron chi connectivity index (χ4n) is 3.63. The van der Waals surface area contributed by atoms with Crippen molar-refractivity contribution in [1.82, 2.24) is 20.2 Å². The Hall–Kier alpha value is -4.25. The average Bonchev–Trinajstić information content (AvgIpc) is 3.41. The number of aromatic nitrogens is 2. The summed E-state index contributed by atoms with van der Waals surface area (Å²) >= 11 is 0. The van der Waals surface area contributed by atoms with E-state index in [4.69, 9.17) is 4.42 Å². The number of nitrogens with zero attached hydrogens (tertiary/aromatic N) is 4. The van der Waals surface area contributed by atoms with Gasteiger partial charge in [-0.25, -0.2) is 24.5 Å². The number of rotatable bonds is 11. The fraction of sp³-hybridized carbons (Fsp3) is 0.346. The first-order chi connectivity index (χ1) is 17.8. The van der Waals surface area contributed by atoms with Crippen molar-refractivity contribution in [2.24, 2.45) is 0 Å². The van der Waals surface area contributed by atoms with Crippen LogP contribution in [0.15, 0.2) is 65.4 Å². The van der Waals surface area contributed by atoms with Crippen LogP contribution >= 0.6 is 0 Å². The Labute approximate surface area is 214 Å². The van der Waals surface area contributed by atoms with Gasteiger partial charge in [-0.2, -0.15) is 0 Å². The third-order valence-electron chi connectivity index (χ3n) is 5.78. The molecule has 3 aromatic rings. The van der Waals surface area contributed by atoms with Crippen molar-refractivity contribution in [3.8, 4) is 0 Å². The molecule has 0 fully saturated rings. The lowest BCUT2D eigenvalue weighted by Crippen LogP contribution is -2.49. The average molecular weight is 510 g/mol. The van der Waals surface area contributed by atoms with Gasteiger partial charge in [-0.15, -0.1) is 0 Å². The number of pyridine rings is 1. The third-order valence-corrected chi connectivity index (χ3v) is 5.78. The molecule has 11 nitrogen and oxygen atoms in total. The van der Waals surface area contributed by atoms with Crippen molar-refractivity contribution in [3.63, 3.8) is 0 Å². The summed E-state index contributed by atoms with van der Waals surface area (Å²) in [6, 6.07) is 12.8. The number of benzene rings is 1. The number of amides is 4. The van der Waals surface area contributed by atoms with Crippen LogP contribution in [0.3, 0.4) is 0 Å². The van der Waals surface area contributed by atoms with Crippen molar-refractivity contribution >= 4 is 23.8 Å². The molecule has 0 aliphatic rings. The largest absolute Gasteiger partial charge is 0.465 e. The first kappa shape index (κ1) is 27.3. The maximum atomic E-state index is 12.8. The molecule has 196 valence electrons. The summed E-state index contributed by atoms with van der Waals surface area (Å²) < 4.78 is 5.41. The lowest BCUT2D eigenvalue weighted by molar-refractivity contribution is 0.0924. The Morgan fingerprint density at radius 3 is 2.49 bits per heavy atom. The normalized spacial score (nSPS) is 12.4. The topological polar surface area (TPSA) is 149 Å². The predicted molar refractivity (Wildman–Crippen MR) is 135 cm³/mol. The Balaban J connectivity index is 1.79. The number of carbonyl (C=O) groups excluding carboxylic acids is 2. The molecule has 1 unspecified atom stereocenters. The van der Waals surface area contributed by atoms with E-state index in [1.165, 1.54) is 11.9 Å². The Kier molecular flexibility index (Phi) is 9.73. The van der Waals surface area contributed by atoms with Crippen molar-refractivity contribution in [2.45, 2.75) is 44.8 Å². The van der Waals surface area contributed by atoms with Crippen LogP contribution in [-0.2, 0) is 6.42 Å². The summed E-state index contributed by atoms with van der Waals surface area (Å²) in [6.07, 6.45) is 1.82. The Morgan fingerprint density at radius 1 is 1.11 bits per heavy atom. The van der Waals surface area contributed by atoms with Crippen LogP contribution in [-0.4, -0.2) is 62.7 Å². The van der Waals surface area contributed by atoms with Gasteiger partial charge in [0.05, 0.1) is 6.04 Å². The van der Waals surface area contributed by atoms with E-state index in [0.717, 1.165) is 11.8 Å². The molecule has 3 rings (SSSR count). The maximum absolute atomic E-state index is 12.8. The summed E-state index contributed by atoms with van der Waals surface area (Å²) in [6.45, 7) is 1.91. The number of unbranched alkanes of at least 4 members (excludes halogenated alkanes) is 1. The number of aryl methyl sites for hydroxylation is 1. The summed E-state index contributed by atoms with van der Waals surface area (Å²) in [4.78, 5) is 47.5. The van der Waals surface area contributed by atoms with E-state index in [1.54, 1.807) is 24.4 Å². The molecule has 1 aromatic carbocycles. The quantitative estimate of drug-likeness (QED) is 0.353. The van der Waals surface area contributed by atoms with E-state index in [-0.39, 0.29) is 24.6 Å². The van der Waals surface area contributed by atoms with Crippen LogP contribution in [0.4, 0.5) is 15.4 Å². The number of hydrogen-bond acceptors (Lipinski definition) is 7. The summed E-state index contributed by atoms with van der Waals surface area (Å²) in [5.41, 5.74) is 0.917. The van der Waals surface area contributed by atoms with Crippen LogP contribution in [0, 0.1) is 0 Å². The molecule has 0 spiro atoms. The van der Waals surface area contributed by atoms with Crippen LogP contribution in [0.2, 0.25) is 0 Å². The second-order valence-electron chi connectivity index (χ2n) is 8.44. The number of carboxylic acid groups (broad SMARTS) is 1. The van der Waals surface area contributed by atoms with Gasteiger partial charge in [-0.3, -0.25) is 9.69 Å². The van der Waals surface area contributed by atoms with E-state index in [1.807, 2.05) is 37.3 Å². The van der Waals surface area contributed by atoms with Gasteiger partial charge in [0.2, 0.25) is 5.89 Å². The molecule has 0 aliphatic heterocycles. The zero-order valence-corrected chi connectivity index (χ0v) is 20.8. The molecule has 3 N–H and O–H groups in total. The van der Waals surface area contributed by atoms with E-state index in [2.05, 4.69) is 15.3 Å². The lowest BCUT2D eigenvalue weighted by atomic mass is 10.0. The fourth-order valence-corrected chi connectivity index (χ4v) is 3.63. The molecule has 2 aromatic heterocycles. The van der Waals surface area contributed by atoms with Gasteiger partial charge >= 0.3 is 12.1 Å². The standard InChI is InChI=1S/C26H31N5O6/c1-3-4-16-31(26(35)36)25(34)29-19(14-13-18-10-6-5-7-11-18)22(32)23-28-20(17-37-23)24(33)30(2)21-12-8-9-15-27-21/h5-12,15,17,19,22,32H,3-4,13-14,16H2,1-2H3,(H,29,34)(H,35,36)/t19-,22?/m0/s1. The van der Waals surface area contributed by atoms with E-state index in [9.17, 15) is 24.6 Å². The van der Waals surface area contributed by atoms with Crippen molar-refractivity contribution in [3.05, 3.63) is 78.1 Å². The minimum absolute atomic E-state index is 0.0245. The van der Waals surface area contributed by atoms with Gasteiger partial charge in [0.1, 0.15) is 12.1 Å². The smallest absolute Gasteiger partial charge is 0.415 e. The van der Waals surface area contributed by atoms with Crippen LogP contribution in [0.1, 0.15) is 54.2 Å².